The number of aryl methyl sites for hydroxylation is 1. The molecule has 0 bridgehead atoms. The molecule has 7 aromatic rings. The van der Waals surface area contributed by atoms with Crippen LogP contribution in [0.25, 0.3) is 39.7 Å². The van der Waals surface area contributed by atoms with Crippen molar-refractivity contribution in [2.75, 3.05) is 28.4 Å². The molecule has 0 radical (unpaired) electrons. The molecule has 9 rings (SSSR count). The average Bonchev–Trinajstić information content (AvgIpc) is 3.78. The molecule has 0 saturated heterocycles. The van der Waals surface area contributed by atoms with E-state index >= 15 is 0 Å². The highest BCUT2D eigenvalue weighted by molar-refractivity contribution is 7.07. The molecule has 1 aliphatic carbocycles. The van der Waals surface area contributed by atoms with Crippen LogP contribution in [0.3, 0.4) is 0 Å². The van der Waals surface area contributed by atoms with E-state index < -0.39 is 11.7 Å². The van der Waals surface area contributed by atoms with Gasteiger partial charge in [0, 0.05) is 28.3 Å². The lowest BCUT2D eigenvalue weighted by molar-refractivity contribution is 0.320. The summed E-state index contributed by atoms with van der Waals surface area (Å²) in [5.74, 6) is 2.17. The summed E-state index contributed by atoms with van der Waals surface area (Å²) in [6.07, 6.45) is 4.98. The van der Waals surface area contributed by atoms with Crippen molar-refractivity contribution in [1.29, 1.82) is 0 Å². The zero-order valence-electron chi connectivity index (χ0n) is 30.4. The summed E-state index contributed by atoms with van der Waals surface area (Å²) in [5, 5.41) is 5.64. The van der Waals surface area contributed by atoms with Crippen LogP contribution >= 0.6 is 11.3 Å². The summed E-state index contributed by atoms with van der Waals surface area (Å²) in [6.45, 7) is 0. The van der Waals surface area contributed by atoms with Crippen LogP contribution in [0.1, 0.15) is 34.7 Å². The van der Waals surface area contributed by atoms with Crippen LogP contribution in [0.5, 0.6) is 23.0 Å². The number of methoxy groups -OCH3 is 4. The minimum Gasteiger partial charge on any atom is -0.497 e. The summed E-state index contributed by atoms with van der Waals surface area (Å²) in [4.78, 5) is 34.1. The van der Waals surface area contributed by atoms with E-state index in [1.165, 1.54) is 11.3 Å². The maximum Gasteiger partial charge on any atom is 0.345 e. The molecule has 0 saturated carbocycles. The van der Waals surface area contributed by atoms with Crippen LogP contribution in [0.15, 0.2) is 122 Å². The van der Waals surface area contributed by atoms with Gasteiger partial charge >= 0.3 is 5.63 Å². The predicted octanol–water partition coefficient (Wildman–Crippen LogP) is 6.31. The van der Waals surface area contributed by atoms with Gasteiger partial charge in [-0.05, 0) is 84.7 Å². The van der Waals surface area contributed by atoms with Gasteiger partial charge in [0.05, 0.1) is 56.0 Å². The van der Waals surface area contributed by atoms with Crippen LogP contribution in [0.2, 0.25) is 0 Å². The number of aromatic nitrogens is 3. The second-order valence-corrected chi connectivity index (χ2v) is 14.1. The lowest BCUT2D eigenvalue weighted by Crippen LogP contribution is -2.39. The molecule has 4 aromatic carbocycles. The number of hydrogen-bond acceptors (Lipinski definition) is 10. The SMILES string of the molecule is COc1ccc2c(c1)CCC1=C2N=c2sc(=Cc3cn(-c4ccccc4)nc3-c3cc4ccccc4oc3=O)c(=O)n2C1c1ccc(OC)c(OC)c1OC. The van der Waals surface area contributed by atoms with Gasteiger partial charge in [0.1, 0.15) is 17.0 Å². The Labute approximate surface area is 318 Å². The Hall–Kier alpha value is -6.66. The Balaban J connectivity index is 1.30. The fourth-order valence-corrected chi connectivity index (χ4v) is 8.58. The monoisotopic (exact) mass is 750 g/mol. The third-order valence-electron chi connectivity index (χ3n) is 10.1. The highest BCUT2D eigenvalue weighted by Gasteiger charge is 2.36. The first-order valence-electron chi connectivity index (χ1n) is 17.6. The molecule has 1 atom stereocenters. The maximum atomic E-state index is 14.9. The van der Waals surface area contributed by atoms with Gasteiger partial charge in [0.25, 0.3) is 5.56 Å². The number of allylic oxidation sites excluding steroid dienone is 1. The van der Waals surface area contributed by atoms with Gasteiger partial charge in [-0.3, -0.25) is 9.36 Å². The smallest absolute Gasteiger partial charge is 0.345 e. The van der Waals surface area contributed by atoms with Crippen molar-refractivity contribution < 1.29 is 23.4 Å². The molecule has 0 fully saturated rings. The van der Waals surface area contributed by atoms with E-state index in [1.54, 1.807) is 55.9 Å². The fraction of sp³-hybridized carbons (Fsp3) is 0.163. The van der Waals surface area contributed by atoms with E-state index in [0.717, 1.165) is 51.2 Å². The van der Waals surface area contributed by atoms with Crippen molar-refractivity contribution in [2.24, 2.45) is 4.99 Å². The fourth-order valence-electron chi connectivity index (χ4n) is 7.59. The van der Waals surface area contributed by atoms with Gasteiger partial charge < -0.3 is 23.4 Å². The summed E-state index contributed by atoms with van der Waals surface area (Å²) in [7, 11) is 6.37. The van der Waals surface area contributed by atoms with Gasteiger partial charge in [0.15, 0.2) is 16.3 Å². The van der Waals surface area contributed by atoms with E-state index in [9.17, 15) is 9.59 Å². The minimum absolute atomic E-state index is 0.248. The average molecular weight is 751 g/mol. The molecule has 12 heteroatoms. The topological polar surface area (TPSA) is 119 Å². The first kappa shape index (κ1) is 34.1. The van der Waals surface area contributed by atoms with E-state index in [0.29, 0.717) is 49.8 Å². The molecule has 4 heterocycles. The molecular weight excluding hydrogens is 717 g/mol. The van der Waals surface area contributed by atoms with Crippen molar-refractivity contribution in [1.82, 2.24) is 14.3 Å². The highest BCUT2D eigenvalue weighted by Crippen LogP contribution is 2.48. The lowest BCUT2D eigenvalue weighted by Gasteiger charge is -2.32. The standard InChI is InChI=1S/C43H34N4O7S/c1-50-28-15-17-29-24(20-28)14-16-30-37(29)44-43-47(38(30)31-18-19-34(51-2)40(53-4)39(31)52-3)41(48)35(55-43)22-26-23-46(27-11-6-5-7-12-27)45-36(26)32-21-25-10-8-9-13-33(25)54-42(32)49/h5-13,15,17-23,38H,14,16H2,1-4H3. The molecule has 3 aromatic heterocycles. The molecule has 55 heavy (non-hydrogen) atoms. The number of rotatable bonds is 8. The first-order valence-corrected chi connectivity index (χ1v) is 18.4. The molecule has 1 unspecified atom stereocenters. The van der Waals surface area contributed by atoms with Crippen LogP contribution in [0.4, 0.5) is 0 Å². The van der Waals surface area contributed by atoms with Gasteiger partial charge in [-0.2, -0.15) is 5.10 Å². The third kappa shape index (κ3) is 5.64. The number of ether oxygens (including phenoxy) is 4. The maximum absolute atomic E-state index is 14.9. The van der Waals surface area contributed by atoms with Gasteiger partial charge in [-0.15, -0.1) is 0 Å². The second kappa shape index (κ2) is 13.6. The van der Waals surface area contributed by atoms with Crippen molar-refractivity contribution in [3.05, 3.63) is 155 Å². The molecule has 0 spiro atoms. The van der Waals surface area contributed by atoms with Gasteiger partial charge in [0.2, 0.25) is 5.75 Å². The Morgan fingerprint density at radius 1 is 0.818 bits per heavy atom. The van der Waals surface area contributed by atoms with Gasteiger partial charge in [-0.1, -0.05) is 47.7 Å². The number of fused-ring (bicyclic) bond motifs is 4. The summed E-state index contributed by atoms with van der Waals surface area (Å²) in [6, 6.07) is 27.9. The molecule has 0 amide bonds. The largest absolute Gasteiger partial charge is 0.497 e. The Kier molecular flexibility index (Phi) is 8.46. The number of benzene rings is 4. The highest BCUT2D eigenvalue weighted by atomic mass is 32.1. The van der Waals surface area contributed by atoms with E-state index in [1.807, 2.05) is 85.1 Å². The quantitative estimate of drug-likeness (QED) is 0.166. The van der Waals surface area contributed by atoms with Crippen LogP contribution in [0, 0.1) is 0 Å². The lowest BCUT2D eigenvalue weighted by atomic mass is 9.83. The first-order chi connectivity index (χ1) is 26.9. The molecular formula is C43H34N4O7S. The van der Waals surface area contributed by atoms with Gasteiger partial charge in [-0.25, -0.2) is 14.5 Å². The number of nitrogens with zero attached hydrogens (tertiary/aromatic N) is 4. The van der Waals surface area contributed by atoms with Crippen molar-refractivity contribution in [3.8, 4) is 39.9 Å². The zero-order chi connectivity index (χ0) is 37.8. The van der Waals surface area contributed by atoms with Crippen molar-refractivity contribution >= 4 is 34.1 Å². The van der Waals surface area contributed by atoms with Crippen LogP contribution in [-0.4, -0.2) is 42.8 Å². The van der Waals surface area contributed by atoms with Crippen LogP contribution < -0.4 is 39.5 Å². The number of hydrogen-bond donors (Lipinski definition) is 0. The Morgan fingerprint density at radius 2 is 1.62 bits per heavy atom. The van der Waals surface area contributed by atoms with E-state index in [-0.39, 0.29) is 11.1 Å². The second-order valence-electron chi connectivity index (χ2n) is 13.1. The number of para-hydroxylation sites is 2. The predicted molar refractivity (Wildman–Crippen MR) is 210 cm³/mol. The van der Waals surface area contributed by atoms with E-state index in [2.05, 4.69) is 0 Å². The molecule has 274 valence electrons. The summed E-state index contributed by atoms with van der Waals surface area (Å²) in [5.41, 5.74) is 6.34. The normalized spacial score (nSPS) is 14.9. The Morgan fingerprint density at radius 3 is 2.40 bits per heavy atom. The molecule has 0 N–H and O–H groups in total. The third-order valence-corrected chi connectivity index (χ3v) is 11.1. The van der Waals surface area contributed by atoms with Crippen LogP contribution in [-0.2, 0) is 6.42 Å². The molecule has 11 nitrogen and oxygen atoms in total. The summed E-state index contributed by atoms with van der Waals surface area (Å²) < 4.78 is 32.6. The Bertz CT molecular complexity index is 2940. The zero-order valence-corrected chi connectivity index (χ0v) is 31.2. The van der Waals surface area contributed by atoms with Crippen molar-refractivity contribution in [2.45, 2.75) is 18.9 Å². The van der Waals surface area contributed by atoms with E-state index in [4.69, 9.17) is 33.5 Å². The van der Waals surface area contributed by atoms with Crippen molar-refractivity contribution in [3.63, 3.8) is 0 Å². The summed E-state index contributed by atoms with van der Waals surface area (Å²) >= 11 is 1.27. The number of thiazole rings is 1. The minimum atomic E-state index is -0.572. The molecule has 2 aliphatic rings. The molecule has 1 aliphatic heterocycles.